The monoisotopic (exact) mass is 240 g/mol. The topological polar surface area (TPSA) is 88.0 Å². The first-order valence-electron chi connectivity index (χ1n) is 5.82. The Morgan fingerprint density at radius 3 is 2.76 bits per heavy atom. The van der Waals surface area contributed by atoms with E-state index in [4.69, 9.17) is 9.94 Å². The molecule has 2 rings (SSSR count). The Morgan fingerprint density at radius 1 is 1.47 bits per heavy atom. The van der Waals surface area contributed by atoms with Crippen molar-refractivity contribution in [1.82, 2.24) is 5.32 Å². The lowest BCUT2D eigenvalue weighted by Crippen LogP contribution is -2.40. The van der Waals surface area contributed by atoms with Crippen molar-refractivity contribution in [1.29, 1.82) is 0 Å². The van der Waals surface area contributed by atoms with Crippen molar-refractivity contribution < 1.29 is 19.5 Å². The van der Waals surface area contributed by atoms with E-state index in [1.54, 1.807) is 0 Å². The highest BCUT2D eigenvalue weighted by molar-refractivity contribution is 6.36. The van der Waals surface area contributed by atoms with Crippen LogP contribution < -0.4 is 5.32 Å². The summed E-state index contributed by atoms with van der Waals surface area (Å²) in [4.78, 5) is 27.2. The summed E-state index contributed by atoms with van der Waals surface area (Å²) in [5, 5.41) is 15.0. The second kappa shape index (κ2) is 4.73. The standard InChI is InChI=1S/C11H16N2O4/c1-6-2-3-7(4-6)12-10(14)9-5-8(11(15)16)13-17-9/h6-7,9H,2-5H2,1H3,(H,12,14)(H,15,16). The van der Waals surface area contributed by atoms with E-state index in [9.17, 15) is 9.59 Å². The molecule has 0 bridgehead atoms. The second-order valence-electron chi connectivity index (χ2n) is 4.77. The highest BCUT2D eigenvalue weighted by Crippen LogP contribution is 2.25. The van der Waals surface area contributed by atoms with Crippen molar-refractivity contribution in [2.75, 3.05) is 0 Å². The van der Waals surface area contributed by atoms with Gasteiger partial charge in [-0.15, -0.1) is 0 Å². The molecule has 1 saturated carbocycles. The number of aliphatic carboxylic acids is 1. The fourth-order valence-corrected chi connectivity index (χ4v) is 2.28. The van der Waals surface area contributed by atoms with Gasteiger partial charge in [-0.3, -0.25) is 4.79 Å². The van der Waals surface area contributed by atoms with Crippen LogP contribution in [0.4, 0.5) is 0 Å². The van der Waals surface area contributed by atoms with Crippen LogP contribution in [0.15, 0.2) is 5.16 Å². The average molecular weight is 240 g/mol. The molecule has 1 amide bonds. The Morgan fingerprint density at radius 2 is 2.24 bits per heavy atom. The van der Waals surface area contributed by atoms with Gasteiger partial charge in [-0.25, -0.2) is 4.79 Å². The number of hydrogen-bond donors (Lipinski definition) is 2. The average Bonchev–Trinajstić information content (AvgIpc) is 2.86. The number of nitrogens with zero attached hydrogens (tertiary/aromatic N) is 1. The molecule has 2 aliphatic rings. The summed E-state index contributed by atoms with van der Waals surface area (Å²) in [6.45, 7) is 2.16. The summed E-state index contributed by atoms with van der Waals surface area (Å²) in [5.74, 6) is -0.755. The van der Waals surface area contributed by atoms with Gasteiger partial charge >= 0.3 is 5.97 Å². The van der Waals surface area contributed by atoms with Crippen LogP contribution in [0.3, 0.4) is 0 Å². The highest BCUT2D eigenvalue weighted by atomic mass is 16.6. The summed E-state index contributed by atoms with van der Waals surface area (Å²) in [7, 11) is 0. The number of hydrogen-bond acceptors (Lipinski definition) is 4. The van der Waals surface area contributed by atoms with Gasteiger partial charge in [-0.1, -0.05) is 12.1 Å². The number of oxime groups is 1. The van der Waals surface area contributed by atoms with Gasteiger partial charge in [0.2, 0.25) is 6.10 Å². The maximum Gasteiger partial charge on any atom is 0.353 e. The molecule has 1 heterocycles. The molecule has 6 nitrogen and oxygen atoms in total. The fourth-order valence-electron chi connectivity index (χ4n) is 2.28. The first kappa shape index (κ1) is 11.9. The number of carboxylic acids is 1. The Bertz CT molecular complexity index is 366. The molecule has 0 radical (unpaired) electrons. The van der Waals surface area contributed by atoms with Crippen LogP contribution in [0.1, 0.15) is 32.6 Å². The normalized spacial score (nSPS) is 31.8. The number of nitrogens with one attached hydrogen (secondary N) is 1. The van der Waals surface area contributed by atoms with E-state index >= 15 is 0 Å². The van der Waals surface area contributed by atoms with Crippen molar-refractivity contribution in [2.24, 2.45) is 11.1 Å². The number of carboxylic acid groups (broad SMARTS) is 1. The predicted molar refractivity (Wildman–Crippen MR) is 59.5 cm³/mol. The van der Waals surface area contributed by atoms with E-state index in [1.165, 1.54) is 0 Å². The minimum atomic E-state index is -1.13. The Kier molecular flexibility index (Phi) is 3.31. The predicted octanol–water partition coefficient (Wildman–Crippen LogP) is 0.521. The molecule has 1 aliphatic carbocycles. The van der Waals surface area contributed by atoms with Gasteiger partial charge in [0.25, 0.3) is 5.91 Å². The summed E-state index contributed by atoms with van der Waals surface area (Å²) in [5.41, 5.74) is -0.0926. The first-order chi connectivity index (χ1) is 8.06. The van der Waals surface area contributed by atoms with Crippen LogP contribution in [0, 0.1) is 5.92 Å². The van der Waals surface area contributed by atoms with Crippen LogP contribution >= 0.6 is 0 Å². The van der Waals surface area contributed by atoms with Gasteiger partial charge in [0.15, 0.2) is 5.71 Å². The molecular weight excluding hydrogens is 224 g/mol. The van der Waals surface area contributed by atoms with E-state index < -0.39 is 12.1 Å². The minimum absolute atomic E-state index is 0.0451. The van der Waals surface area contributed by atoms with Gasteiger partial charge in [-0.2, -0.15) is 0 Å². The van der Waals surface area contributed by atoms with Gasteiger partial charge in [-0.05, 0) is 25.2 Å². The Balaban J connectivity index is 1.81. The molecule has 94 valence electrons. The van der Waals surface area contributed by atoms with E-state index in [0.29, 0.717) is 5.92 Å². The quantitative estimate of drug-likeness (QED) is 0.752. The lowest BCUT2D eigenvalue weighted by Gasteiger charge is -2.14. The zero-order valence-corrected chi connectivity index (χ0v) is 9.68. The maximum absolute atomic E-state index is 11.8. The molecule has 1 aliphatic heterocycles. The second-order valence-corrected chi connectivity index (χ2v) is 4.77. The molecule has 2 N–H and O–H groups in total. The molecule has 0 aromatic heterocycles. The van der Waals surface area contributed by atoms with Gasteiger partial charge in [0, 0.05) is 12.5 Å². The van der Waals surface area contributed by atoms with E-state index in [2.05, 4.69) is 17.4 Å². The van der Waals surface area contributed by atoms with Crippen molar-refractivity contribution >= 4 is 17.6 Å². The summed E-state index contributed by atoms with van der Waals surface area (Å²) in [6.07, 6.45) is 2.34. The van der Waals surface area contributed by atoms with Gasteiger partial charge < -0.3 is 15.3 Å². The van der Waals surface area contributed by atoms with Crippen molar-refractivity contribution in [2.45, 2.75) is 44.8 Å². The van der Waals surface area contributed by atoms with Gasteiger partial charge in [0.05, 0.1) is 0 Å². The lowest BCUT2D eigenvalue weighted by atomic mass is 10.1. The molecule has 17 heavy (non-hydrogen) atoms. The van der Waals surface area contributed by atoms with E-state index in [-0.39, 0.29) is 24.1 Å². The number of rotatable bonds is 3. The zero-order valence-electron chi connectivity index (χ0n) is 9.68. The maximum atomic E-state index is 11.8. The zero-order chi connectivity index (χ0) is 12.4. The Labute approximate surface area is 99.0 Å². The largest absolute Gasteiger partial charge is 0.477 e. The molecule has 0 saturated heterocycles. The van der Waals surface area contributed by atoms with Gasteiger partial charge in [0.1, 0.15) is 0 Å². The summed E-state index contributed by atoms with van der Waals surface area (Å²) < 4.78 is 0. The molecule has 0 aromatic rings. The Hall–Kier alpha value is -1.59. The van der Waals surface area contributed by atoms with Crippen LogP contribution in [0.5, 0.6) is 0 Å². The molecule has 6 heteroatoms. The van der Waals surface area contributed by atoms with Crippen molar-refractivity contribution in [3.63, 3.8) is 0 Å². The minimum Gasteiger partial charge on any atom is -0.477 e. The van der Waals surface area contributed by atoms with Crippen LogP contribution in [0.2, 0.25) is 0 Å². The highest BCUT2D eigenvalue weighted by Gasteiger charge is 2.33. The smallest absolute Gasteiger partial charge is 0.353 e. The summed E-state index contributed by atoms with van der Waals surface area (Å²) >= 11 is 0. The molecule has 3 unspecified atom stereocenters. The van der Waals surface area contributed by atoms with Crippen LogP contribution in [0.25, 0.3) is 0 Å². The van der Waals surface area contributed by atoms with E-state index in [0.717, 1.165) is 19.3 Å². The third-order valence-electron chi connectivity index (χ3n) is 3.25. The summed E-state index contributed by atoms with van der Waals surface area (Å²) in [6, 6.07) is 0.190. The first-order valence-corrected chi connectivity index (χ1v) is 5.82. The molecule has 1 fully saturated rings. The number of carbonyl (C=O) groups excluding carboxylic acids is 1. The molecule has 3 atom stereocenters. The molecular formula is C11H16N2O4. The number of carbonyl (C=O) groups is 2. The third-order valence-corrected chi connectivity index (χ3v) is 3.25. The number of amides is 1. The molecule has 0 spiro atoms. The lowest BCUT2D eigenvalue weighted by molar-refractivity contribution is -0.132. The van der Waals surface area contributed by atoms with Crippen molar-refractivity contribution in [3.8, 4) is 0 Å². The fraction of sp³-hybridized carbons (Fsp3) is 0.727. The SMILES string of the molecule is CC1CCC(NC(=O)C2CC(C(=O)O)=NO2)C1. The van der Waals surface area contributed by atoms with Crippen LogP contribution in [-0.4, -0.2) is 34.8 Å². The van der Waals surface area contributed by atoms with Crippen LogP contribution in [-0.2, 0) is 14.4 Å². The molecule has 0 aromatic carbocycles. The third kappa shape index (κ3) is 2.75. The van der Waals surface area contributed by atoms with Crippen molar-refractivity contribution in [3.05, 3.63) is 0 Å². The van der Waals surface area contributed by atoms with E-state index in [1.807, 2.05) is 0 Å².